The second kappa shape index (κ2) is 20.2. The van der Waals surface area contributed by atoms with Gasteiger partial charge >= 0.3 is 18.0 Å². The van der Waals surface area contributed by atoms with Gasteiger partial charge in [-0.2, -0.15) is 5.10 Å². The number of hydrogen-bond acceptors (Lipinski definition) is 10. The molecule has 2 aliphatic carbocycles. The maximum absolute atomic E-state index is 14.7. The van der Waals surface area contributed by atoms with Crippen LogP contribution in [0.4, 0.5) is 4.79 Å². The van der Waals surface area contributed by atoms with E-state index < -0.39 is 16.9 Å². The van der Waals surface area contributed by atoms with Gasteiger partial charge in [0.25, 0.3) is 5.56 Å². The van der Waals surface area contributed by atoms with E-state index in [9.17, 15) is 24.0 Å². The van der Waals surface area contributed by atoms with Crippen LogP contribution in [0.2, 0.25) is 0 Å². The Bertz CT molecular complexity index is 3070. The lowest BCUT2D eigenvalue weighted by Gasteiger charge is -2.43. The average Bonchev–Trinajstić information content (AvgIpc) is 4.37. The molecule has 6 aromatic rings. The zero-order chi connectivity index (χ0) is 50.3. The summed E-state index contributed by atoms with van der Waals surface area (Å²) < 4.78 is 15.0. The van der Waals surface area contributed by atoms with Crippen molar-refractivity contribution in [1.29, 1.82) is 0 Å². The van der Waals surface area contributed by atoms with Crippen LogP contribution in [0.15, 0.2) is 114 Å². The van der Waals surface area contributed by atoms with Crippen molar-refractivity contribution < 1.29 is 28.7 Å². The first kappa shape index (κ1) is 48.4. The van der Waals surface area contributed by atoms with Crippen molar-refractivity contribution in [2.75, 3.05) is 59.4 Å². The highest BCUT2D eigenvalue weighted by atomic mass is 16.5. The Hall–Kier alpha value is -6.84. The number of piperazine rings is 1. The van der Waals surface area contributed by atoms with Crippen molar-refractivity contribution in [3.8, 4) is 0 Å². The van der Waals surface area contributed by atoms with Gasteiger partial charge in [-0.15, -0.1) is 0 Å². The van der Waals surface area contributed by atoms with E-state index >= 15 is 0 Å². The minimum atomic E-state index is -0.826. The van der Waals surface area contributed by atoms with E-state index in [4.69, 9.17) is 14.6 Å². The molecule has 0 spiro atoms. The van der Waals surface area contributed by atoms with Gasteiger partial charge in [-0.3, -0.25) is 28.6 Å². The van der Waals surface area contributed by atoms with E-state index in [0.29, 0.717) is 69.0 Å². The molecule has 3 aliphatic heterocycles. The molecule has 2 aromatic heterocycles. The highest BCUT2D eigenvalue weighted by Gasteiger charge is 2.53. The van der Waals surface area contributed by atoms with Gasteiger partial charge in [-0.1, -0.05) is 84.9 Å². The molecule has 1 atom stereocenters. The van der Waals surface area contributed by atoms with Crippen LogP contribution in [0, 0.1) is 6.92 Å². The SMILES string of the molecule is Cc1cc(C[C@@H](NC(=O)N2CCC(c3cc4ccccc4n(COC(=O)C4(c5ccccc5)CC4)c3=O)CC2)C(=O)N2CCN(C3CCN(C)CC3)CC2)cc2cn(COC(=O)C3(c4ccccc4)CC3)nc12. The number of pyridine rings is 1. The molecule has 11 rings (SSSR count). The fourth-order valence-corrected chi connectivity index (χ4v) is 11.9. The number of rotatable bonds is 14. The summed E-state index contributed by atoms with van der Waals surface area (Å²) >= 11 is 0. The summed E-state index contributed by atoms with van der Waals surface area (Å²) in [7, 11) is 2.17. The topological polar surface area (TPSA) is 152 Å². The summed E-state index contributed by atoms with van der Waals surface area (Å²) in [4.78, 5) is 79.0. The van der Waals surface area contributed by atoms with Crippen molar-refractivity contribution in [1.82, 2.24) is 39.3 Å². The predicted octanol–water partition coefficient (Wildman–Crippen LogP) is 6.86. The molecule has 0 radical (unpaired) electrons. The lowest BCUT2D eigenvalue weighted by atomic mass is 9.89. The van der Waals surface area contributed by atoms with Crippen LogP contribution in [-0.2, 0) is 54.6 Å². The van der Waals surface area contributed by atoms with Crippen LogP contribution < -0.4 is 10.9 Å². The number of urea groups is 1. The summed E-state index contributed by atoms with van der Waals surface area (Å²) in [5.74, 6) is -0.799. The third-order valence-electron chi connectivity index (χ3n) is 16.6. The number of esters is 2. The number of likely N-dealkylation sites (tertiary alicyclic amines) is 2. The van der Waals surface area contributed by atoms with Crippen molar-refractivity contribution >= 4 is 45.7 Å². The first-order chi connectivity index (χ1) is 35.5. The number of aromatic nitrogens is 3. The normalized spacial score (nSPS) is 19.6. The van der Waals surface area contributed by atoms with Crippen LogP contribution in [0.3, 0.4) is 0 Å². The largest absolute Gasteiger partial charge is 0.443 e. The Kier molecular flexibility index (Phi) is 13.4. The zero-order valence-corrected chi connectivity index (χ0v) is 42.0. The van der Waals surface area contributed by atoms with Crippen molar-refractivity contribution in [3.05, 3.63) is 147 Å². The van der Waals surface area contributed by atoms with Crippen LogP contribution in [-0.4, -0.2) is 129 Å². The lowest BCUT2D eigenvalue weighted by Crippen LogP contribution is -2.59. The number of aryl methyl sites for hydroxylation is 1. The van der Waals surface area contributed by atoms with Gasteiger partial charge in [-0.25, -0.2) is 9.48 Å². The van der Waals surface area contributed by atoms with Gasteiger partial charge in [0, 0.05) is 68.9 Å². The number of carbonyl (C=O) groups is 4. The second-order valence-corrected chi connectivity index (χ2v) is 21.3. The van der Waals surface area contributed by atoms with Gasteiger partial charge in [0.05, 0.1) is 21.9 Å². The second-order valence-electron chi connectivity index (χ2n) is 21.3. The molecular weight excluding hydrogens is 921 g/mol. The van der Waals surface area contributed by atoms with Crippen molar-refractivity contribution in [3.63, 3.8) is 0 Å². The number of carbonyl (C=O) groups excluding carboxylic acids is 4. The van der Waals surface area contributed by atoms with Crippen LogP contribution in [0.25, 0.3) is 21.8 Å². The summed E-state index contributed by atoms with van der Waals surface area (Å²) in [5, 5.41) is 9.70. The molecule has 3 amide bonds. The van der Waals surface area contributed by atoms with Crippen LogP contribution >= 0.6 is 0 Å². The number of para-hydroxylation sites is 1. The summed E-state index contributed by atoms with van der Waals surface area (Å²) in [6.45, 7) is 7.49. The number of piperidine rings is 2. The standard InChI is InChI=1S/C58H66N8O7/c1-40-33-41(34-44-37-65(60-51(40)44)38-72-54(69)57(21-22-57)45-12-5-3-6-13-45)35-49(53(68)63-31-29-62(30-32-63)47-19-25-61(2)26-20-47)59-56(71)64-27-17-42(18-28-64)48-36-43-11-9-10-16-50(43)66(52(48)67)39-73-55(70)58(23-24-58)46-14-7-4-8-15-46/h3-16,33-34,36-37,42,47,49H,17-32,35,38-39H2,1-2H3,(H,59,71)/t49-/m1/s1. The van der Waals surface area contributed by atoms with Gasteiger partial charge in [0.2, 0.25) is 5.91 Å². The molecule has 5 fully saturated rings. The van der Waals surface area contributed by atoms with E-state index in [1.54, 1.807) is 14.1 Å². The Balaban J connectivity index is 0.776. The highest BCUT2D eigenvalue weighted by molar-refractivity contribution is 5.89. The number of hydrogen-bond donors (Lipinski definition) is 1. The molecule has 15 nitrogen and oxygen atoms in total. The summed E-state index contributed by atoms with van der Waals surface area (Å²) in [5.41, 5.74) is 4.34. The Morgan fingerprint density at radius 3 is 1.92 bits per heavy atom. The van der Waals surface area contributed by atoms with Crippen molar-refractivity contribution in [2.24, 2.45) is 0 Å². The summed E-state index contributed by atoms with van der Waals surface area (Å²) in [6.07, 6.45) is 8.44. The fraction of sp³-hybridized carbons (Fsp3) is 0.448. The molecule has 1 N–H and O–H groups in total. The van der Waals surface area contributed by atoms with Gasteiger partial charge in [0.15, 0.2) is 13.5 Å². The quantitative estimate of drug-likeness (QED) is 0.115. The number of ether oxygens (including phenoxy) is 2. The maximum atomic E-state index is 14.7. The smallest absolute Gasteiger partial charge is 0.318 e. The Labute approximate surface area is 426 Å². The number of nitrogens with one attached hydrogen (secondary N) is 1. The number of benzene rings is 4. The fourth-order valence-electron chi connectivity index (χ4n) is 11.9. The molecule has 0 bridgehead atoms. The molecule has 5 heterocycles. The first-order valence-electron chi connectivity index (χ1n) is 26.3. The van der Waals surface area contributed by atoms with Gasteiger partial charge in [-0.05, 0) is 130 Å². The number of nitrogens with zero attached hydrogens (tertiary/aromatic N) is 7. The molecule has 15 heteroatoms. The van der Waals surface area contributed by atoms with Crippen LogP contribution in [0.1, 0.15) is 85.1 Å². The first-order valence-corrected chi connectivity index (χ1v) is 26.3. The molecule has 0 unspecified atom stereocenters. The van der Waals surface area contributed by atoms with E-state index in [2.05, 4.69) is 22.2 Å². The average molecular weight is 987 g/mol. The lowest BCUT2D eigenvalue weighted by molar-refractivity contribution is -0.151. The number of fused-ring (bicyclic) bond motifs is 2. The molecule has 73 heavy (non-hydrogen) atoms. The molecule has 4 aromatic carbocycles. The molecule has 380 valence electrons. The molecular formula is C58H66N8O7. The monoisotopic (exact) mass is 987 g/mol. The highest BCUT2D eigenvalue weighted by Crippen LogP contribution is 2.50. The van der Waals surface area contributed by atoms with E-state index in [0.717, 1.165) is 90.4 Å². The Morgan fingerprint density at radius 2 is 1.29 bits per heavy atom. The zero-order valence-electron chi connectivity index (χ0n) is 42.0. The van der Waals surface area contributed by atoms with E-state index in [1.165, 1.54) is 0 Å². The summed E-state index contributed by atoms with van der Waals surface area (Å²) in [6, 6.07) is 32.5. The van der Waals surface area contributed by atoms with E-state index in [-0.39, 0.29) is 55.2 Å². The minimum Gasteiger partial charge on any atom is -0.443 e. The molecule has 3 saturated heterocycles. The molecule has 5 aliphatic rings. The third kappa shape index (κ3) is 9.89. The van der Waals surface area contributed by atoms with E-state index in [1.807, 2.05) is 121 Å². The molecule has 2 saturated carbocycles. The number of amides is 3. The van der Waals surface area contributed by atoms with Crippen LogP contribution in [0.5, 0.6) is 0 Å². The van der Waals surface area contributed by atoms with Gasteiger partial charge in [0.1, 0.15) is 6.04 Å². The Morgan fingerprint density at radius 1 is 0.685 bits per heavy atom. The van der Waals surface area contributed by atoms with Gasteiger partial charge < -0.3 is 29.5 Å². The van der Waals surface area contributed by atoms with Crippen molar-refractivity contribution in [2.45, 2.75) is 107 Å². The maximum Gasteiger partial charge on any atom is 0.318 e. The minimum absolute atomic E-state index is 0.0174. The predicted molar refractivity (Wildman–Crippen MR) is 278 cm³/mol. The third-order valence-corrected chi connectivity index (χ3v) is 16.6.